The van der Waals surface area contributed by atoms with Crippen LogP contribution in [0.2, 0.25) is 0 Å². The molecule has 1 fully saturated rings. The first-order valence-electron chi connectivity index (χ1n) is 6.97. The van der Waals surface area contributed by atoms with E-state index in [2.05, 4.69) is 25.2 Å². The first kappa shape index (κ1) is 15.0. The van der Waals surface area contributed by atoms with E-state index < -0.39 is 9.84 Å². The van der Waals surface area contributed by atoms with Gasteiger partial charge in [0.1, 0.15) is 0 Å². The van der Waals surface area contributed by atoms with Crippen molar-refractivity contribution in [2.24, 2.45) is 0 Å². The van der Waals surface area contributed by atoms with Crippen molar-refractivity contribution in [3.05, 3.63) is 21.4 Å². The number of thiophene rings is 1. The van der Waals surface area contributed by atoms with Gasteiger partial charge in [-0.25, -0.2) is 8.42 Å². The molecular formula is C14H23NO2S2. The molecule has 5 heteroatoms. The van der Waals surface area contributed by atoms with Crippen LogP contribution in [0, 0.1) is 13.8 Å². The lowest BCUT2D eigenvalue weighted by Crippen LogP contribution is -2.40. The van der Waals surface area contributed by atoms with Crippen LogP contribution in [0.4, 0.5) is 0 Å². The molecule has 19 heavy (non-hydrogen) atoms. The van der Waals surface area contributed by atoms with Crippen molar-refractivity contribution < 1.29 is 8.42 Å². The number of hydrogen-bond donors (Lipinski definition) is 1. The van der Waals surface area contributed by atoms with Gasteiger partial charge in [0.15, 0.2) is 9.84 Å². The molecule has 0 amide bonds. The number of hydrogen-bond acceptors (Lipinski definition) is 4. The second-order valence-electron chi connectivity index (χ2n) is 5.31. The smallest absolute Gasteiger partial charge is 0.155 e. The average molecular weight is 301 g/mol. The minimum Gasteiger partial charge on any atom is -0.309 e. The van der Waals surface area contributed by atoms with E-state index in [-0.39, 0.29) is 11.3 Å². The van der Waals surface area contributed by atoms with Gasteiger partial charge in [0.2, 0.25) is 0 Å². The van der Waals surface area contributed by atoms with Crippen LogP contribution in [0.5, 0.6) is 0 Å². The Hall–Kier alpha value is -0.390. The van der Waals surface area contributed by atoms with Crippen LogP contribution in [0.25, 0.3) is 0 Å². The SMILES string of the molecule is CCNC(c1cc(C)sc1C)C1CCCCS1(=O)=O. The Morgan fingerprint density at radius 3 is 2.68 bits per heavy atom. The molecule has 0 radical (unpaired) electrons. The van der Waals surface area contributed by atoms with E-state index in [1.165, 1.54) is 15.3 Å². The molecule has 0 saturated carbocycles. The van der Waals surface area contributed by atoms with Gasteiger partial charge in [0.05, 0.1) is 17.0 Å². The highest BCUT2D eigenvalue weighted by molar-refractivity contribution is 7.92. The zero-order valence-corrected chi connectivity index (χ0v) is 13.5. The summed E-state index contributed by atoms with van der Waals surface area (Å²) < 4.78 is 24.7. The van der Waals surface area contributed by atoms with E-state index in [9.17, 15) is 8.42 Å². The first-order valence-corrected chi connectivity index (χ1v) is 9.50. The standard InChI is InChI=1S/C14H23NO2S2/c1-4-15-14(12-9-10(2)18-11(12)3)13-7-5-6-8-19(13,16)17/h9,13-15H,4-8H2,1-3H3. The number of rotatable bonds is 4. The molecule has 3 nitrogen and oxygen atoms in total. The molecule has 1 saturated heterocycles. The van der Waals surface area contributed by atoms with Gasteiger partial charge in [-0.1, -0.05) is 13.3 Å². The van der Waals surface area contributed by atoms with Crippen LogP contribution in [0.3, 0.4) is 0 Å². The summed E-state index contributed by atoms with van der Waals surface area (Å²) in [5.74, 6) is 0.349. The minimum atomic E-state index is -2.96. The van der Waals surface area contributed by atoms with Gasteiger partial charge in [-0.3, -0.25) is 0 Å². The summed E-state index contributed by atoms with van der Waals surface area (Å²) in [6.45, 7) is 7.01. The molecule has 1 aromatic heterocycles. The van der Waals surface area contributed by atoms with Crippen molar-refractivity contribution in [2.45, 2.75) is 51.3 Å². The first-order chi connectivity index (χ1) is 8.95. The highest BCUT2D eigenvalue weighted by Crippen LogP contribution is 2.35. The van der Waals surface area contributed by atoms with Gasteiger partial charge < -0.3 is 5.32 Å². The van der Waals surface area contributed by atoms with Gasteiger partial charge in [-0.2, -0.15) is 0 Å². The Morgan fingerprint density at radius 1 is 1.42 bits per heavy atom. The molecule has 1 aliphatic rings. The molecule has 2 heterocycles. The maximum absolute atomic E-state index is 12.4. The molecule has 2 rings (SSSR count). The summed E-state index contributed by atoms with van der Waals surface area (Å²) in [6, 6.07) is 2.11. The summed E-state index contributed by atoms with van der Waals surface area (Å²) >= 11 is 1.75. The second-order valence-corrected chi connectivity index (χ2v) is 9.11. The monoisotopic (exact) mass is 301 g/mol. The van der Waals surface area contributed by atoms with Crippen LogP contribution in [-0.2, 0) is 9.84 Å². The molecule has 1 N–H and O–H groups in total. The lowest BCUT2D eigenvalue weighted by Gasteiger charge is -2.31. The van der Waals surface area contributed by atoms with Crippen molar-refractivity contribution in [3.63, 3.8) is 0 Å². The van der Waals surface area contributed by atoms with Gasteiger partial charge >= 0.3 is 0 Å². The van der Waals surface area contributed by atoms with Crippen LogP contribution < -0.4 is 5.32 Å². The Morgan fingerprint density at radius 2 is 2.16 bits per heavy atom. The van der Waals surface area contributed by atoms with Crippen molar-refractivity contribution in [3.8, 4) is 0 Å². The van der Waals surface area contributed by atoms with Gasteiger partial charge in [0, 0.05) is 9.75 Å². The van der Waals surface area contributed by atoms with E-state index in [4.69, 9.17) is 0 Å². The Balaban J connectivity index is 2.37. The Kier molecular flexibility index (Phi) is 4.69. The summed E-state index contributed by atoms with van der Waals surface area (Å²) in [4.78, 5) is 2.49. The topological polar surface area (TPSA) is 46.2 Å². The minimum absolute atomic E-state index is 0.0414. The summed E-state index contributed by atoms with van der Waals surface area (Å²) in [5, 5.41) is 3.15. The van der Waals surface area contributed by atoms with Crippen LogP contribution in [0.15, 0.2) is 6.07 Å². The molecule has 2 atom stereocenters. The van der Waals surface area contributed by atoms with E-state index in [1.807, 2.05) is 6.92 Å². The van der Waals surface area contributed by atoms with E-state index in [1.54, 1.807) is 11.3 Å². The summed E-state index contributed by atoms with van der Waals surface area (Å²) in [6.07, 6.45) is 2.63. The summed E-state index contributed by atoms with van der Waals surface area (Å²) in [5.41, 5.74) is 1.18. The predicted molar refractivity (Wildman–Crippen MR) is 81.6 cm³/mol. The fraction of sp³-hybridized carbons (Fsp3) is 0.714. The molecule has 1 aromatic rings. The van der Waals surface area contributed by atoms with Crippen molar-refractivity contribution in [1.29, 1.82) is 0 Å². The highest BCUT2D eigenvalue weighted by Gasteiger charge is 2.36. The zero-order valence-electron chi connectivity index (χ0n) is 11.9. The molecule has 0 spiro atoms. The maximum atomic E-state index is 12.4. The largest absolute Gasteiger partial charge is 0.309 e. The molecular weight excluding hydrogens is 278 g/mol. The number of sulfone groups is 1. The predicted octanol–water partition coefficient (Wildman–Crippen LogP) is 2.98. The van der Waals surface area contributed by atoms with Crippen LogP contribution in [0.1, 0.15) is 47.5 Å². The molecule has 1 aliphatic heterocycles. The van der Waals surface area contributed by atoms with Gasteiger partial charge in [-0.15, -0.1) is 11.3 Å². The normalized spacial score (nSPS) is 24.3. The van der Waals surface area contributed by atoms with Crippen LogP contribution in [-0.4, -0.2) is 26.0 Å². The van der Waals surface area contributed by atoms with Crippen molar-refractivity contribution in [2.75, 3.05) is 12.3 Å². The van der Waals surface area contributed by atoms with E-state index >= 15 is 0 Å². The third-order valence-corrected chi connectivity index (χ3v) is 7.11. The Labute approximate surface area is 120 Å². The second kappa shape index (κ2) is 5.94. The lowest BCUT2D eigenvalue weighted by molar-refractivity contribution is 0.454. The molecule has 0 aromatic carbocycles. The third-order valence-electron chi connectivity index (χ3n) is 3.84. The fourth-order valence-corrected chi connectivity index (χ4v) is 6.04. The van der Waals surface area contributed by atoms with Crippen molar-refractivity contribution in [1.82, 2.24) is 5.32 Å². The third kappa shape index (κ3) is 3.20. The quantitative estimate of drug-likeness (QED) is 0.930. The van der Waals surface area contributed by atoms with Gasteiger partial charge in [0.25, 0.3) is 0 Å². The molecule has 0 bridgehead atoms. The molecule has 2 unspecified atom stereocenters. The fourth-order valence-electron chi connectivity index (χ4n) is 2.97. The van der Waals surface area contributed by atoms with Gasteiger partial charge in [-0.05, 0) is 44.9 Å². The van der Waals surface area contributed by atoms with Crippen molar-refractivity contribution >= 4 is 21.2 Å². The number of nitrogens with one attached hydrogen (secondary N) is 1. The van der Waals surface area contributed by atoms with E-state index in [0.717, 1.165) is 25.8 Å². The number of aryl methyl sites for hydroxylation is 2. The molecule has 108 valence electrons. The maximum Gasteiger partial charge on any atom is 0.155 e. The van der Waals surface area contributed by atoms with E-state index in [0.29, 0.717) is 5.75 Å². The highest BCUT2D eigenvalue weighted by atomic mass is 32.2. The zero-order chi connectivity index (χ0) is 14.0. The Bertz CT molecular complexity index is 534. The molecule has 0 aliphatic carbocycles. The lowest BCUT2D eigenvalue weighted by atomic mass is 9.99. The average Bonchev–Trinajstić information content (AvgIpc) is 2.65. The van der Waals surface area contributed by atoms with Crippen LogP contribution >= 0.6 is 11.3 Å². The summed E-state index contributed by atoms with van der Waals surface area (Å²) in [7, 11) is -2.96.